The Morgan fingerprint density at radius 2 is 1.96 bits per heavy atom. The Morgan fingerprint density at radius 3 is 2.40 bits per heavy atom. The van der Waals surface area contributed by atoms with Crippen molar-refractivity contribution in [2.45, 2.75) is 57.1 Å². The van der Waals surface area contributed by atoms with Gasteiger partial charge in [0.2, 0.25) is 11.4 Å². The maximum atomic E-state index is 12.9. The molecule has 0 spiro atoms. The summed E-state index contributed by atoms with van der Waals surface area (Å²) >= 11 is 0. The molecule has 142 valence electrons. The van der Waals surface area contributed by atoms with Crippen LogP contribution in [0.15, 0.2) is 0 Å². The largest absolute Gasteiger partial charge is 0.467 e. The molecule has 2 amide bonds. The van der Waals surface area contributed by atoms with E-state index < -0.39 is 53.5 Å². The van der Waals surface area contributed by atoms with E-state index in [0.717, 1.165) is 7.11 Å². The summed E-state index contributed by atoms with van der Waals surface area (Å²) in [5.41, 5.74) is -4.47. The number of hydrogen-bond acceptors (Lipinski definition) is 8. The molecule has 2 rings (SSSR count). The number of ether oxygens (including phenoxy) is 4. The van der Waals surface area contributed by atoms with Gasteiger partial charge in [0.05, 0.1) is 19.6 Å². The van der Waals surface area contributed by atoms with Gasteiger partial charge < -0.3 is 24.1 Å². The first-order valence-electron chi connectivity index (χ1n) is 7.95. The predicted molar refractivity (Wildman–Crippen MR) is 83.3 cm³/mol. The van der Waals surface area contributed by atoms with Crippen LogP contribution in [0.3, 0.4) is 0 Å². The first-order valence-corrected chi connectivity index (χ1v) is 7.95. The van der Waals surface area contributed by atoms with Gasteiger partial charge in [-0.05, 0) is 27.7 Å². The van der Waals surface area contributed by atoms with Crippen LogP contribution in [0.2, 0.25) is 0 Å². The molecule has 9 heteroatoms. The Kier molecular flexibility index (Phi) is 4.88. The number of rotatable bonds is 3. The van der Waals surface area contributed by atoms with Crippen molar-refractivity contribution in [3.8, 4) is 0 Å². The van der Waals surface area contributed by atoms with Crippen LogP contribution in [0.4, 0.5) is 4.79 Å². The number of hydrogen-bond donors (Lipinski definition) is 1. The minimum absolute atomic E-state index is 0.143. The Morgan fingerprint density at radius 1 is 1.36 bits per heavy atom. The van der Waals surface area contributed by atoms with E-state index in [2.05, 4.69) is 0 Å². The van der Waals surface area contributed by atoms with Crippen molar-refractivity contribution in [1.82, 2.24) is 4.90 Å². The maximum Gasteiger partial charge on any atom is 0.418 e. The molecule has 2 saturated heterocycles. The number of fused-ring (bicyclic) bond motifs is 1. The maximum absolute atomic E-state index is 12.9. The second-order valence-corrected chi connectivity index (χ2v) is 7.34. The minimum Gasteiger partial charge on any atom is -0.467 e. The third-order valence-corrected chi connectivity index (χ3v) is 4.78. The molecule has 2 aliphatic rings. The highest BCUT2D eigenvalue weighted by atomic mass is 16.7. The number of aliphatic hydroxyl groups is 1. The fourth-order valence-corrected chi connectivity index (χ4v) is 3.56. The van der Waals surface area contributed by atoms with Crippen LogP contribution in [0, 0.1) is 5.92 Å². The van der Waals surface area contributed by atoms with Crippen molar-refractivity contribution in [3.05, 3.63) is 0 Å². The highest BCUT2D eigenvalue weighted by molar-refractivity contribution is 6.05. The van der Waals surface area contributed by atoms with E-state index in [9.17, 15) is 19.5 Å². The number of amides is 2. The molecule has 0 aromatic heterocycles. The van der Waals surface area contributed by atoms with Crippen LogP contribution < -0.4 is 0 Å². The molecule has 0 radical (unpaired) electrons. The third kappa shape index (κ3) is 2.70. The third-order valence-electron chi connectivity index (χ3n) is 4.78. The van der Waals surface area contributed by atoms with Crippen molar-refractivity contribution in [1.29, 1.82) is 0 Å². The molecule has 1 unspecified atom stereocenters. The molecule has 1 N–H and O–H groups in total. The van der Waals surface area contributed by atoms with Crippen molar-refractivity contribution in [2.24, 2.45) is 5.92 Å². The monoisotopic (exact) mass is 359 g/mol. The Balaban J connectivity index is 2.58. The number of likely N-dealkylation sites (tertiary alicyclic amines) is 1. The summed E-state index contributed by atoms with van der Waals surface area (Å²) in [4.78, 5) is 38.9. The lowest BCUT2D eigenvalue weighted by molar-refractivity contribution is -0.205. The number of aliphatic hydroxyl groups excluding tert-OH is 1. The van der Waals surface area contributed by atoms with Gasteiger partial charge in [0.1, 0.15) is 11.2 Å². The Bertz CT molecular complexity index is 585. The van der Waals surface area contributed by atoms with Crippen LogP contribution in [0.25, 0.3) is 0 Å². The first-order chi connectivity index (χ1) is 11.5. The number of imide groups is 1. The standard InChI is InChI=1S/C16H25NO8/c1-14(2,3)25-13(21)17-11(19)9-7-10(22-5)24-15(9,4)16(17,8-18)12(20)23-6/h9-10,18H,7-8H2,1-6H3/t9?,10-,15-,16-/m0/s1. The molecule has 4 atom stereocenters. The van der Waals surface area contributed by atoms with E-state index in [0.29, 0.717) is 4.90 Å². The van der Waals surface area contributed by atoms with E-state index in [4.69, 9.17) is 18.9 Å². The summed E-state index contributed by atoms with van der Waals surface area (Å²) in [6.45, 7) is 5.51. The van der Waals surface area contributed by atoms with Crippen molar-refractivity contribution in [3.63, 3.8) is 0 Å². The molecular formula is C16H25NO8. The van der Waals surface area contributed by atoms with E-state index in [1.807, 2.05) is 0 Å². The average Bonchev–Trinajstić information content (AvgIpc) is 2.94. The van der Waals surface area contributed by atoms with Crippen LogP contribution in [-0.4, -0.2) is 71.8 Å². The quantitative estimate of drug-likeness (QED) is 0.722. The summed E-state index contributed by atoms with van der Waals surface area (Å²) in [7, 11) is 2.51. The number of carbonyl (C=O) groups excluding carboxylic acids is 3. The number of carbonyl (C=O) groups is 3. The molecule has 0 aromatic carbocycles. The fourth-order valence-electron chi connectivity index (χ4n) is 3.56. The molecule has 0 saturated carbocycles. The lowest BCUT2D eigenvalue weighted by Gasteiger charge is -2.42. The molecular weight excluding hydrogens is 334 g/mol. The first kappa shape index (κ1) is 19.6. The minimum atomic E-state index is -2.06. The summed E-state index contributed by atoms with van der Waals surface area (Å²) in [5.74, 6) is -2.50. The number of esters is 1. The smallest absolute Gasteiger partial charge is 0.418 e. The summed E-state index contributed by atoms with van der Waals surface area (Å²) < 4.78 is 21.0. The molecule has 2 heterocycles. The zero-order chi connectivity index (χ0) is 19.2. The topological polar surface area (TPSA) is 112 Å². The summed E-state index contributed by atoms with van der Waals surface area (Å²) in [5, 5.41) is 10.1. The molecule has 0 bridgehead atoms. The molecule has 0 aromatic rings. The zero-order valence-electron chi connectivity index (χ0n) is 15.3. The highest BCUT2D eigenvalue weighted by Crippen LogP contribution is 2.53. The normalized spacial score (nSPS) is 34.8. The SMILES string of the molecule is COC(=O)[C@]1(CO)N(C(=O)OC(C)(C)C)C(=O)C2C[C@@H](OC)O[C@@]21C. The van der Waals surface area contributed by atoms with Crippen molar-refractivity contribution in [2.75, 3.05) is 20.8 Å². The Hall–Kier alpha value is -1.71. The lowest BCUT2D eigenvalue weighted by Crippen LogP contribution is -2.68. The molecule has 25 heavy (non-hydrogen) atoms. The van der Waals surface area contributed by atoms with Gasteiger partial charge in [0, 0.05) is 13.5 Å². The van der Waals surface area contributed by atoms with Gasteiger partial charge in [-0.25, -0.2) is 14.5 Å². The van der Waals surface area contributed by atoms with Crippen molar-refractivity contribution < 1.29 is 38.4 Å². The van der Waals surface area contributed by atoms with Gasteiger partial charge in [-0.15, -0.1) is 0 Å². The summed E-state index contributed by atoms with van der Waals surface area (Å²) in [6, 6.07) is 0. The van der Waals surface area contributed by atoms with Gasteiger partial charge in [-0.2, -0.15) is 0 Å². The average molecular weight is 359 g/mol. The van der Waals surface area contributed by atoms with Crippen LogP contribution in [-0.2, 0) is 28.5 Å². The second kappa shape index (κ2) is 6.22. The second-order valence-electron chi connectivity index (χ2n) is 7.34. The predicted octanol–water partition coefficient (Wildman–Crippen LogP) is 0.436. The van der Waals surface area contributed by atoms with E-state index in [-0.39, 0.29) is 6.42 Å². The van der Waals surface area contributed by atoms with Crippen LogP contribution in [0.1, 0.15) is 34.1 Å². The highest BCUT2D eigenvalue weighted by Gasteiger charge is 2.76. The van der Waals surface area contributed by atoms with Gasteiger partial charge in [-0.3, -0.25) is 4.79 Å². The molecule has 0 aliphatic carbocycles. The van der Waals surface area contributed by atoms with Crippen LogP contribution in [0.5, 0.6) is 0 Å². The fraction of sp³-hybridized carbons (Fsp3) is 0.812. The molecule has 2 fully saturated rings. The van der Waals surface area contributed by atoms with E-state index in [1.54, 1.807) is 20.8 Å². The van der Waals surface area contributed by atoms with Gasteiger partial charge >= 0.3 is 12.1 Å². The lowest BCUT2D eigenvalue weighted by atomic mass is 9.77. The molecule has 9 nitrogen and oxygen atoms in total. The number of nitrogens with zero attached hydrogens (tertiary/aromatic N) is 1. The van der Waals surface area contributed by atoms with E-state index in [1.165, 1.54) is 14.0 Å². The number of methoxy groups -OCH3 is 2. The van der Waals surface area contributed by atoms with Crippen molar-refractivity contribution >= 4 is 18.0 Å². The van der Waals surface area contributed by atoms with Crippen LogP contribution >= 0.6 is 0 Å². The van der Waals surface area contributed by atoms with E-state index >= 15 is 0 Å². The van der Waals surface area contributed by atoms with Gasteiger partial charge in [-0.1, -0.05) is 0 Å². The zero-order valence-corrected chi connectivity index (χ0v) is 15.3. The Labute approximate surface area is 146 Å². The molecule has 2 aliphatic heterocycles. The summed E-state index contributed by atoms with van der Waals surface area (Å²) in [6.07, 6.45) is -1.63. The van der Waals surface area contributed by atoms with Gasteiger partial charge in [0.25, 0.3) is 0 Å². The van der Waals surface area contributed by atoms with Gasteiger partial charge in [0.15, 0.2) is 6.29 Å².